The van der Waals surface area contributed by atoms with Gasteiger partial charge in [-0.2, -0.15) is 0 Å². The lowest BCUT2D eigenvalue weighted by atomic mass is 10.1. The first-order valence-electron chi connectivity index (χ1n) is 7.68. The predicted molar refractivity (Wildman–Crippen MR) is 101 cm³/mol. The lowest BCUT2D eigenvalue weighted by Gasteiger charge is -2.10. The van der Waals surface area contributed by atoms with Crippen molar-refractivity contribution in [3.8, 4) is 11.5 Å². The van der Waals surface area contributed by atoms with E-state index >= 15 is 0 Å². The molecule has 0 amide bonds. The summed E-state index contributed by atoms with van der Waals surface area (Å²) in [7, 11) is -0.628. The molecule has 3 aromatic rings. The van der Waals surface area contributed by atoms with Crippen LogP contribution in [0.25, 0.3) is 10.9 Å². The Hall–Kier alpha value is -2.36. The van der Waals surface area contributed by atoms with Gasteiger partial charge in [0.1, 0.15) is 4.21 Å². The maximum absolute atomic E-state index is 12.3. The van der Waals surface area contributed by atoms with Crippen LogP contribution < -0.4 is 19.8 Å². The van der Waals surface area contributed by atoms with Gasteiger partial charge in [-0.3, -0.25) is 4.79 Å². The zero-order valence-electron chi connectivity index (χ0n) is 14.5. The van der Waals surface area contributed by atoms with Gasteiger partial charge in [0.2, 0.25) is 10.0 Å². The quantitative estimate of drug-likeness (QED) is 0.669. The fraction of sp³-hybridized carbons (Fsp3) is 0.235. The van der Waals surface area contributed by atoms with Gasteiger partial charge in [0, 0.05) is 28.4 Å². The van der Waals surface area contributed by atoms with Gasteiger partial charge in [-0.1, -0.05) is 0 Å². The molecule has 7 nitrogen and oxygen atoms in total. The Morgan fingerprint density at radius 1 is 1.12 bits per heavy atom. The van der Waals surface area contributed by atoms with Crippen molar-refractivity contribution in [1.29, 1.82) is 0 Å². The number of sulfonamides is 1. The fourth-order valence-corrected chi connectivity index (χ4v) is 4.84. The number of fused-ring (bicyclic) bond motifs is 1. The Morgan fingerprint density at radius 2 is 1.81 bits per heavy atom. The second-order valence-electron chi connectivity index (χ2n) is 5.61. The first-order valence-corrected chi connectivity index (χ1v) is 9.98. The molecule has 2 N–H and O–H groups in total. The first kappa shape index (κ1) is 18.4. The van der Waals surface area contributed by atoms with Gasteiger partial charge in [0.15, 0.2) is 11.5 Å². The number of aromatic amines is 1. The summed E-state index contributed by atoms with van der Waals surface area (Å²) in [5.74, 6) is 1.02. The van der Waals surface area contributed by atoms with Crippen LogP contribution in [-0.2, 0) is 16.6 Å². The van der Waals surface area contributed by atoms with Gasteiger partial charge in [-0.15, -0.1) is 11.3 Å². The van der Waals surface area contributed by atoms with Crippen molar-refractivity contribution in [1.82, 2.24) is 9.71 Å². The second kappa shape index (κ2) is 7.10. The molecule has 1 aromatic carbocycles. The van der Waals surface area contributed by atoms with Crippen molar-refractivity contribution >= 4 is 32.3 Å². The van der Waals surface area contributed by atoms with Crippen LogP contribution >= 0.6 is 11.3 Å². The predicted octanol–water partition coefficient (Wildman–Crippen LogP) is 2.39. The molecule has 0 spiro atoms. The Morgan fingerprint density at radius 3 is 2.42 bits per heavy atom. The number of nitrogens with one attached hydrogen (secondary N) is 2. The Kier molecular flexibility index (Phi) is 5.03. The SMILES string of the molecule is COc1cc2cc(CNS(=O)(=O)c3ccc(C)s3)c(=O)[nH]c2cc1OC. The van der Waals surface area contributed by atoms with Gasteiger partial charge >= 0.3 is 0 Å². The van der Waals surface area contributed by atoms with Crippen LogP contribution in [0.15, 0.2) is 39.3 Å². The van der Waals surface area contributed by atoms with Crippen molar-refractivity contribution in [2.75, 3.05) is 14.2 Å². The monoisotopic (exact) mass is 394 g/mol. The number of rotatable bonds is 6. The number of hydrogen-bond acceptors (Lipinski definition) is 6. The molecule has 0 atom stereocenters. The fourth-order valence-electron chi connectivity index (χ4n) is 2.51. The number of aromatic nitrogens is 1. The normalized spacial score (nSPS) is 11.7. The van der Waals surface area contributed by atoms with Crippen LogP contribution in [0.2, 0.25) is 0 Å². The molecule has 0 aliphatic rings. The van der Waals surface area contributed by atoms with Crippen molar-refractivity contribution in [3.05, 3.63) is 51.1 Å². The summed E-state index contributed by atoms with van der Waals surface area (Å²) in [5.41, 5.74) is 0.518. The summed E-state index contributed by atoms with van der Waals surface area (Å²) in [5, 5.41) is 0.711. The number of benzene rings is 1. The van der Waals surface area contributed by atoms with Crippen molar-refractivity contribution in [2.45, 2.75) is 17.7 Å². The van der Waals surface area contributed by atoms with Crippen LogP contribution in [0.4, 0.5) is 0 Å². The van der Waals surface area contributed by atoms with Crippen LogP contribution in [0, 0.1) is 6.92 Å². The molecule has 0 aliphatic heterocycles. The zero-order valence-corrected chi connectivity index (χ0v) is 16.1. The van der Waals surface area contributed by atoms with E-state index in [0.29, 0.717) is 28.0 Å². The summed E-state index contributed by atoms with van der Waals surface area (Å²) in [6.07, 6.45) is 0. The molecule has 0 aliphatic carbocycles. The van der Waals surface area contributed by atoms with E-state index < -0.39 is 10.0 Å². The lowest BCUT2D eigenvalue weighted by Crippen LogP contribution is -2.26. The summed E-state index contributed by atoms with van der Waals surface area (Å²) < 4.78 is 37.8. The highest BCUT2D eigenvalue weighted by Crippen LogP contribution is 2.31. The molecule has 0 saturated heterocycles. The van der Waals surface area contributed by atoms with Gasteiger partial charge in [0.25, 0.3) is 5.56 Å². The van der Waals surface area contributed by atoms with Gasteiger partial charge < -0.3 is 14.5 Å². The highest BCUT2D eigenvalue weighted by Gasteiger charge is 2.17. The summed E-state index contributed by atoms with van der Waals surface area (Å²) in [6, 6.07) is 8.31. The van der Waals surface area contributed by atoms with Crippen LogP contribution in [0.5, 0.6) is 11.5 Å². The minimum absolute atomic E-state index is 0.112. The zero-order chi connectivity index (χ0) is 18.9. The van der Waals surface area contributed by atoms with E-state index in [9.17, 15) is 13.2 Å². The lowest BCUT2D eigenvalue weighted by molar-refractivity contribution is 0.356. The topological polar surface area (TPSA) is 97.5 Å². The summed E-state index contributed by atoms with van der Waals surface area (Å²) >= 11 is 1.18. The van der Waals surface area contributed by atoms with E-state index in [2.05, 4.69) is 9.71 Å². The summed E-state index contributed by atoms with van der Waals surface area (Å²) in [6.45, 7) is 1.72. The van der Waals surface area contributed by atoms with Crippen molar-refractivity contribution < 1.29 is 17.9 Å². The molecular weight excluding hydrogens is 376 g/mol. The van der Waals surface area contributed by atoms with Crippen molar-refractivity contribution in [3.63, 3.8) is 0 Å². The molecule has 0 radical (unpaired) electrons. The molecule has 2 aromatic heterocycles. The van der Waals surface area contributed by atoms with E-state index in [-0.39, 0.29) is 16.3 Å². The first-order chi connectivity index (χ1) is 12.3. The van der Waals surface area contributed by atoms with Crippen LogP contribution in [0.3, 0.4) is 0 Å². The largest absolute Gasteiger partial charge is 0.493 e. The molecule has 3 rings (SSSR count). The molecule has 0 saturated carbocycles. The molecular formula is C17H18N2O5S2. The number of ether oxygens (including phenoxy) is 2. The molecule has 2 heterocycles. The minimum atomic E-state index is -3.66. The number of H-pyrrole nitrogens is 1. The van der Waals surface area contributed by atoms with E-state index in [1.165, 1.54) is 25.6 Å². The molecule has 0 fully saturated rings. The third-order valence-corrected chi connectivity index (χ3v) is 6.75. The molecule has 138 valence electrons. The van der Waals surface area contributed by atoms with E-state index in [0.717, 1.165) is 4.88 Å². The maximum atomic E-state index is 12.3. The van der Waals surface area contributed by atoms with E-state index in [4.69, 9.17) is 9.47 Å². The maximum Gasteiger partial charge on any atom is 0.252 e. The average molecular weight is 394 g/mol. The van der Waals surface area contributed by atoms with Crippen LogP contribution in [-0.4, -0.2) is 27.6 Å². The number of thiophene rings is 1. The van der Waals surface area contributed by atoms with Crippen molar-refractivity contribution in [2.24, 2.45) is 0 Å². The second-order valence-corrected chi connectivity index (χ2v) is 8.89. The number of methoxy groups -OCH3 is 2. The number of aryl methyl sites for hydroxylation is 1. The number of pyridine rings is 1. The van der Waals surface area contributed by atoms with E-state index in [1.54, 1.807) is 30.3 Å². The van der Waals surface area contributed by atoms with Crippen LogP contribution in [0.1, 0.15) is 10.4 Å². The summed E-state index contributed by atoms with van der Waals surface area (Å²) in [4.78, 5) is 15.9. The Labute approximate surface area is 154 Å². The Bertz CT molecular complexity index is 1120. The Balaban J connectivity index is 1.93. The van der Waals surface area contributed by atoms with E-state index in [1.807, 2.05) is 6.92 Å². The molecule has 9 heteroatoms. The highest BCUT2D eigenvalue weighted by atomic mass is 32.2. The average Bonchev–Trinajstić information content (AvgIpc) is 3.06. The standard InChI is InChI=1S/C17H18N2O5S2/c1-10-4-5-16(25-10)26(21,22)18-9-12-6-11-7-14(23-2)15(24-3)8-13(11)19-17(12)20/h4-8,18H,9H2,1-3H3,(H,19,20). The van der Waals surface area contributed by atoms with Gasteiger partial charge in [-0.25, -0.2) is 13.1 Å². The van der Waals surface area contributed by atoms with Gasteiger partial charge in [-0.05, 0) is 31.2 Å². The minimum Gasteiger partial charge on any atom is -0.493 e. The smallest absolute Gasteiger partial charge is 0.252 e. The third kappa shape index (κ3) is 3.59. The molecule has 26 heavy (non-hydrogen) atoms. The molecule has 0 bridgehead atoms. The third-order valence-electron chi connectivity index (χ3n) is 3.86. The van der Waals surface area contributed by atoms with Gasteiger partial charge in [0.05, 0.1) is 19.7 Å². The highest BCUT2D eigenvalue weighted by molar-refractivity contribution is 7.91. The molecule has 0 unspecified atom stereocenters. The number of hydrogen-bond donors (Lipinski definition) is 2.